The summed E-state index contributed by atoms with van der Waals surface area (Å²) in [6, 6.07) is 15.1. The van der Waals surface area contributed by atoms with Gasteiger partial charge in [-0.15, -0.1) is 0 Å². The van der Waals surface area contributed by atoms with E-state index in [0.717, 1.165) is 13.6 Å². The minimum atomic E-state index is -0.301. The summed E-state index contributed by atoms with van der Waals surface area (Å²) in [4.78, 5) is 11.9. The van der Waals surface area contributed by atoms with E-state index in [2.05, 4.69) is 38.5 Å². The van der Waals surface area contributed by atoms with E-state index in [-0.39, 0.29) is 5.97 Å². The number of halogens is 2. The molecule has 0 aliphatic rings. The molecule has 18 heavy (non-hydrogen) atoms. The number of ether oxygens (including phenoxy) is 1. The van der Waals surface area contributed by atoms with E-state index >= 15 is 0 Å². The first kappa shape index (κ1) is 13.5. The fourth-order valence-corrected chi connectivity index (χ4v) is 2.41. The molecular formula is C14H10BrIO2. The Balaban J connectivity index is 2.07. The molecule has 0 spiro atoms. The molecule has 0 fully saturated rings. The minimum Gasteiger partial charge on any atom is -0.457 e. The van der Waals surface area contributed by atoms with Crippen LogP contribution in [-0.4, -0.2) is 5.97 Å². The highest BCUT2D eigenvalue weighted by Gasteiger charge is 2.13. The number of hydrogen-bond donors (Lipinski definition) is 0. The molecule has 2 rings (SSSR count). The Hall–Kier alpha value is -0.880. The molecule has 0 radical (unpaired) electrons. The second kappa shape index (κ2) is 6.33. The number of esters is 1. The van der Waals surface area contributed by atoms with Gasteiger partial charge in [-0.2, -0.15) is 0 Å². The van der Waals surface area contributed by atoms with Crippen molar-refractivity contribution in [2.24, 2.45) is 0 Å². The monoisotopic (exact) mass is 416 g/mol. The first-order chi connectivity index (χ1) is 8.68. The van der Waals surface area contributed by atoms with Crippen molar-refractivity contribution in [3.63, 3.8) is 0 Å². The molecule has 92 valence electrons. The van der Waals surface area contributed by atoms with Gasteiger partial charge in [-0.05, 0) is 56.2 Å². The van der Waals surface area contributed by atoms with E-state index < -0.39 is 0 Å². The Morgan fingerprint density at radius 1 is 1.11 bits per heavy atom. The third kappa shape index (κ3) is 3.32. The summed E-state index contributed by atoms with van der Waals surface area (Å²) in [7, 11) is 0. The van der Waals surface area contributed by atoms with Crippen LogP contribution in [0.2, 0.25) is 0 Å². The van der Waals surface area contributed by atoms with Crippen molar-refractivity contribution in [2.45, 2.75) is 6.61 Å². The van der Waals surface area contributed by atoms with Crippen molar-refractivity contribution in [3.8, 4) is 0 Å². The zero-order valence-electron chi connectivity index (χ0n) is 9.40. The predicted octanol–water partition coefficient (Wildman–Crippen LogP) is 4.41. The van der Waals surface area contributed by atoms with Gasteiger partial charge in [0, 0.05) is 8.04 Å². The summed E-state index contributed by atoms with van der Waals surface area (Å²) in [6.45, 7) is 0.294. The van der Waals surface area contributed by atoms with Crippen LogP contribution in [0.1, 0.15) is 15.9 Å². The normalized spacial score (nSPS) is 10.1. The maximum Gasteiger partial charge on any atom is 0.339 e. The smallest absolute Gasteiger partial charge is 0.339 e. The number of carbonyl (C=O) groups excluding carboxylic acids is 1. The lowest BCUT2D eigenvalue weighted by Crippen LogP contribution is -2.07. The zero-order chi connectivity index (χ0) is 13.0. The largest absolute Gasteiger partial charge is 0.457 e. The van der Waals surface area contributed by atoms with Crippen molar-refractivity contribution in [1.82, 2.24) is 0 Å². The van der Waals surface area contributed by atoms with Crippen LogP contribution in [0.3, 0.4) is 0 Å². The summed E-state index contributed by atoms with van der Waals surface area (Å²) in [5.41, 5.74) is 1.57. The molecule has 0 heterocycles. The van der Waals surface area contributed by atoms with Gasteiger partial charge in [0.15, 0.2) is 0 Å². The number of carbonyl (C=O) groups is 1. The average molecular weight is 417 g/mol. The Labute approximate surface area is 128 Å². The summed E-state index contributed by atoms with van der Waals surface area (Å²) in [6.07, 6.45) is 0. The minimum absolute atomic E-state index is 0.294. The molecule has 0 aliphatic heterocycles. The van der Waals surface area contributed by atoms with Gasteiger partial charge in [0.1, 0.15) is 6.61 Å². The van der Waals surface area contributed by atoms with Crippen LogP contribution in [0, 0.1) is 3.57 Å². The topological polar surface area (TPSA) is 26.3 Å². The Morgan fingerprint density at radius 2 is 1.83 bits per heavy atom. The van der Waals surface area contributed by atoms with Crippen molar-refractivity contribution < 1.29 is 9.53 Å². The molecule has 2 nitrogen and oxygen atoms in total. The van der Waals surface area contributed by atoms with Gasteiger partial charge in [-0.1, -0.05) is 36.4 Å². The second-order valence-corrected chi connectivity index (χ2v) is 5.60. The lowest BCUT2D eigenvalue weighted by molar-refractivity contribution is 0.0471. The third-order valence-corrected chi connectivity index (χ3v) is 4.95. The average Bonchev–Trinajstić information content (AvgIpc) is 2.40. The first-order valence-electron chi connectivity index (χ1n) is 5.33. The lowest BCUT2D eigenvalue weighted by Gasteiger charge is -2.07. The first-order valence-corrected chi connectivity index (χ1v) is 7.20. The molecule has 2 aromatic rings. The highest BCUT2D eigenvalue weighted by atomic mass is 127. The molecule has 0 amide bonds. The molecule has 4 heteroatoms. The van der Waals surface area contributed by atoms with Crippen LogP contribution in [0.4, 0.5) is 0 Å². The number of rotatable bonds is 3. The van der Waals surface area contributed by atoms with E-state index in [1.807, 2.05) is 42.5 Å². The Morgan fingerprint density at radius 3 is 2.56 bits per heavy atom. The quantitative estimate of drug-likeness (QED) is 0.547. The highest BCUT2D eigenvalue weighted by molar-refractivity contribution is 14.1. The zero-order valence-corrected chi connectivity index (χ0v) is 13.1. The van der Waals surface area contributed by atoms with E-state index in [4.69, 9.17) is 4.74 Å². The molecule has 0 unspecified atom stereocenters. The van der Waals surface area contributed by atoms with E-state index in [1.165, 1.54) is 0 Å². The van der Waals surface area contributed by atoms with Gasteiger partial charge in [0.05, 0.1) is 5.56 Å². The van der Waals surface area contributed by atoms with Gasteiger partial charge >= 0.3 is 5.97 Å². The third-order valence-electron chi connectivity index (χ3n) is 2.38. The van der Waals surface area contributed by atoms with Gasteiger partial charge in [-0.3, -0.25) is 0 Å². The van der Waals surface area contributed by atoms with Crippen LogP contribution in [0.15, 0.2) is 53.0 Å². The second-order valence-electron chi connectivity index (χ2n) is 3.66. The summed E-state index contributed by atoms with van der Waals surface area (Å²) >= 11 is 5.52. The molecule has 0 aliphatic carbocycles. The van der Waals surface area contributed by atoms with Gasteiger partial charge in [0.25, 0.3) is 0 Å². The van der Waals surface area contributed by atoms with Crippen molar-refractivity contribution >= 4 is 44.5 Å². The summed E-state index contributed by atoms with van der Waals surface area (Å²) < 4.78 is 7.05. The molecule has 0 atom stereocenters. The predicted molar refractivity (Wildman–Crippen MR) is 82.4 cm³/mol. The highest BCUT2D eigenvalue weighted by Crippen LogP contribution is 2.23. The van der Waals surface area contributed by atoms with Gasteiger partial charge < -0.3 is 4.74 Å². The standard InChI is InChI=1S/C14H10BrIO2/c15-12-8-4-7-11(13(12)16)14(17)18-9-10-5-2-1-3-6-10/h1-8H,9H2. The summed E-state index contributed by atoms with van der Waals surface area (Å²) in [5, 5.41) is 0. The molecule has 0 saturated heterocycles. The van der Waals surface area contributed by atoms with Gasteiger partial charge in [0.2, 0.25) is 0 Å². The Bertz CT molecular complexity index is 555. The summed E-state index contributed by atoms with van der Waals surface area (Å²) in [5.74, 6) is -0.301. The lowest BCUT2D eigenvalue weighted by atomic mass is 10.2. The molecule has 0 saturated carbocycles. The Kier molecular flexibility index (Phi) is 4.77. The molecule has 0 bridgehead atoms. The van der Waals surface area contributed by atoms with Crippen LogP contribution >= 0.6 is 38.5 Å². The number of hydrogen-bond acceptors (Lipinski definition) is 2. The maximum absolute atomic E-state index is 11.9. The van der Waals surface area contributed by atoms with Crippen molar-refractivity contribution in [1.29, 1.82) is 0 Å². The van der Waals surface area contributed by atoms with Crippen LogP contribution < -0.4 is 0 Å². The van der Waals surface area contributed by atoms with Crippen LogP contribution in [0.5, 0.6) is 0 Å². The van der Waals surface area contributed by atoms with Crippen molar-refractivity contribution in [3.05, 3.63) is 67.7 Å². The maximum atomic E-state index is 11.9. The molecule has 2 aromatic carbocycles. The van der Waals surface area contributed by atoms with E-state index in [9.17, 15) is 4.79 Å². The van der Waals surface area contributed by atoms with Crippen LogP contribution in [-0.2, 0) is 11.3 Å². The number of benzene rings is 2. The molecule has 0 N–H and O–H groups in total. The van der Waals surface area contributed by atoms with E-state index in [0.29, 0.717) is 12.2 Å². The van der Waals surface area contributed by atoms with Crippen molar-refractivity contribution in [2.75, 3.05) is 0 Å². The molecular weight excluding hydrogens is 407 g/mol. The SMILES string of the molecule is O=C(OCc1ccccc1)c1cccc(Br)c1I. The molecule has 0 aromatic heterocycles. The van der Waals surface area contributed by atoms with Gasteiger partial charge in [-0.25, -0.2) is 4.79 Å². The fourth-order valence-electron chi connectivity index (χ4n) is 1.46. The van der Waals surface area contributed by atoms with E-state index in [1.54, 1.807) is 6.07 Å². The van der Waals surface area contributed by atoms with Crippen LogP contribution in [0.25, 0.3) is 0 Å². The fraction of sp³-hybridized carbons (Fsp3) is 0.0714.